The van der Waals surface area contributed by atoms with Crippen molar-refractivity contribution in [3.63, 3.8) is 0 Å². The summed E-state index contributed by atoms with van der Waals surface area (Å²) in [5, 5.41) is 27.0. The number of rotatable bonds is 5. The fraction of sp³-hybridized carbons (Fsp3) is 0.400. The molecule has 1 unspecified atom stereocenters. The Bertz CT molecular complexity index is 1020. The van der Waals surface area contributed by atoms with E-state index < -0.39 is 12.5 Å². The Morgan fingerprint density at radius 1 is 1.24 bits per heavy atom. The molecule has 3 aromatic rings. The summed E-state index contributed by atoms with van der Waals surface area (Å²) in [6, 6.07) is 8.72. The second-order valence-electron chi connectivity index (χ2n) is 7.64. The third kappa shape index (κ3) is 3.41. The fourth-order valence-corrected chi connectivity index (χ4v) is 4.14. The molecule has 2 atom stereocenters. The standard InChI is InChI=1S/C20H23FN6O2/c21-14-4-1-3-13(9-14)17-5-2-7-26(17)18-6-8-27-19(24-18)16(10-22-27)23-20(29)25-11-15(28)12-25/h1,3-4,6,8-10,15,17,20,23,28-29H,2,5,7,11-12H2/t17-,20?/m1/s1. The maximum atomic E-state index is 13.7. The van der Waals surface area contributed by atoms with Crippen molar-refractivity contribution < 1.29 is 14.6 Å². The number of aliphatic hydroxyl groups excluding tert-OH is 2. The van der Waals surface area contributed by atoms with E-state index in [1.165, 1.54) is 6.07 Å². The van der Waals surface area contributed by atoms with E-state index in [4.69, 9.17) is 4.98 Å². The van der Waals surface area contributed by atoms with Gasteiger partial charge in [-0.1, -0.05) is 12.1 Å². The van der Waals surface area contributed by atoms with Gasteiger partial charge in [-0.15, -0.1) is 0 Å². The molecule has 0 saturated carbocycles. The monoisotopic (exact) mass is 398 g/mol. The molecule has 0 bridgehead atoms. The van der Waals surface area contributed by atoms with Crippen LogP contribution < -0.4 is 10.2 Å². The molecular weight excluding hydrogens is 375 g/mol. The first-order valence-electron chi connectivity index (χ1n) is 9.82. The number of hydrogen-bond acceptors (Lipinski definition) is 7. The van der Waals surface area contributed by atoms with Gasteiger partial charge in [0.25, 0.3) is 0 Å². The van der Waals surface area contributed by atoms with Crippen LogP contribution in [0.1, 0.15) is 24.4 Å². The Morgan fingerprint density at radius 3 is 2.90 bits per heavy atom. The lowest BCUT2D eigenvalue weighted by Crippen LogP contribution is -2.57. The fourth-order valence-electron chi connectivity index (χ4n) is 4.14. The predicted octanol–water partition coefficient (Wildman–Crippen LogP) is 1.57. The topological polar surface area (TPSA) is 89.2 Å². The lowest BCUT2D eigenvalue weighted by Gasteiger charge is -2.39. The average Bonchev–Trinajstić information content (AvgIpc) is 3.32. The SMILES string of the molecule is OC1CN(C(O)Nc2cnn3ccc(N4CCC[C@@H]4c4cccc(F)c4)nc23)C1. The van der Waals surface area contributed by atoms with Crippen molar-refractivity contribution in [2.24, 2.45) is 0 Å². The van der Waals surface area contributed by atoms with Crippen LogP contribution in [0, 0.1) is 5.82 Å². The zero-order chi connectivity index (χ0) is 20.0. The zero-order valence-electron chi connectivity index (χ0n) is 15.8. The summed E-state index contributed by atoms with van der Waals surface area (Å²) in [7, 11) is 0. The van der Waals surface area contributed by atoms with Crippen molar-refractivity contribution in [1.82, 2.24) is 19.5 Å². The molecule has 9 heteroatoms. The maximum absolute atomic E-state index is 13.7. The molecule has 29 heavy (non-hydrogen) atoms. The van der Waals surface area contributed by atoms with Gasteiger partial charge in [0, 0.05) is 25.8 Å². The van der Waals surface area contributed by atoms with Crippen LogP contribution in [0.15, 0.2) is 42.7 Å². The molecule has 0 amide bonds. The van der Waals surface area contributed by atoms with Crippen LogP contribution in [0.2, 0.25) is 0 Å². The number of aliphatic hydroxyl groups is 2. The molecule has 1 aromatic carbocycles. The highest BCUT2D eigenvalue weighted by Gasteiger charge is 2.31. The summed E-state index contributed by atoms with van der Waals surface area (Å²) in [5.41, 5.74) is 2.16. The van der Waals surface area contributed by atoms with Gasteiger partial charge in [-0.3, -0.25) is 4.90 Å². The summed E-state index contributed by atoms with van der Waals surface area (Å²) in [6.07, 6.45) is 4.10. The number of hydrogen-bond donors (Lipinski definition) is 3. The van der Waals surface area contributed by atoms with Crippen LogP contribution in [-0.4, -0.2) is 61.8 Å². The van der Waals surface area contributed by atoms with Crippen molar-refractivity contribution in [2.75, 3.05) is 29.9 Å². The highest BCUT2D eigenvalue weighted by Crippen LogP contribution is 2.36. The Hall–Kier alpha value is -2.75. The van der Waals surface area contributed by atoms with Gasteiger partial charge < -0.3 is 20.4 Å². The summed E-state index contributed by atoms with van der Waals surface area (Å²) in [6.45, 7) is 1.69. The predicted molar refractivity (Wildman–Crippen MR) is 106 cm³/mol. The van der Waals surface area contributed by atoms with Crippen LogP contribution in [0.5, 0.6) is 0 Å². The number of nitrogens with one attached hydrogen (secondary N) is 1. The first-order valence-corrected chi connectivity index (χ1v) is 9.82. The molecule has 2 aromatic heterocycles. The van der Waals surface area contributed by atoms with Crippen molar-refractivity contribution in [3.8, 4) is 0 Å². The van der Waals surface area contributed by atoms with Crippen molar-refractivity contribution in [3.05, 3.63) is 54.1 Å². The zero-order valence-corrected chi connectivity index (χ0v) is 15.8. The summed E-state index contributed by atoms with van der Waals surface area (Å²) in [5.74, 6) is 0.562. The Kier molecular flexibility index (Phi) is 4.57. The quantitative estimate of drug-likeness (QED) is 0.562. The van der Waals surface area contributed by atoms with Crippen LogP contribution in [-0.2, 0) is 0 Å². The van der Waals surface area contributed by atoms with Gasteiger partial charge in [-0.05, 0) is 36.6 Å². The molecule has 0 radical (unpaired) electrons. The molecule has 4 heterocycles. The average molecular weight is 398 g/mol. The number of nitrogens with zero attached hydrogens (tertiary/aromatic N) is 5. The Labute approximate surface area is 167 Å². The molecule has 0 aliphatic carbocycles. The third-order valence-electron chi connectivity index (χ3n) is 5.66. The van der Waals surface area contributed by atoms with Gasteiger partial charge in [0.05, 0.1) is 18.3 Å². The smallest absolute Gasteiger partial charge is 0.184 e. The lowest BCUT2D eigenvalue weighted by atomic mass is 10.0. The van der Waals surface area contributed by atoms with Crippen molar-refractivity contribution in [2.45, 2.75) is 31.3 Å². The van der Waals surface area contributed by atoms with Crippen LogP contribution in [0.25, 0.3) is 5.65 Å². The number of fused-ring (bicyclic) bond motifs is 1. The minimum Gasteiger partial charge on any atom is -0.390 e. The van der Waals surface area contributed by atoms with E-state index in [1.807, 2.05) is 18.3 Å². The highest BCUT2D eigenvalue weighted by molar-refractivity contribution is 5.68. The molecule has 152 valence electrons. The summed E-state index contributed by atoms with van der Waals surface area (Å²) in [4.78, 5) is 8.69. The third-order valence-corrected chi connectivity index (χ3v) is 5.66. The van der Waals surface area contributed by atoms with E-state index in [2.05, 4.69) is 15.3 Å². The van der Waals surface area contributed by atoms with E-state index in [0.717, 1.165) is 30.8 Å². The Balaban J connectivity index is 1.41. The van der Waals surface area contributed by atoms with Crippen molar-refractivity contribution >= 4 is 17.2 Å². The molecule has 2 saturated heterocycles. The van der Waals surface area contributed by atoms with Crippen LogP contribution >= 0.6 is 0 Å². The molecule has 2 fully saturated rings. The van der Waals surface area contributed by atoms with E-state index in [1.54, 1.807) is 27.7 Å². The van der Waals surface area contributed by atoms with Crippen molar-refractivity contribution in [1.29, 1.82) is 0 Å². The molecule has 0 spiro atoms. The number of aromatic nitrogens is 3. The number of benzene rings is 1. The molecular formula is C20H23FN6O2. The van der Waals surface area contributed by atoms with E-state index in [-0.39, 0.29) is 11.9 Å². The van der Waals surface area contributed by atoms with Gasteiger partial charge in [-0.25, -0.2) is 13.9 Å². The van der Waals surface area contributed by atoms with Gasteiger partial charge >= 0.3 is 0 Å². The number of likely N-dealkylation sites (tertiary alicyclic amines) is 1. The van der Waals surface area contributed by atoms with Crippen LogP contribution in [0.3, 0.4) is 0 Å². The maximum Gasteiger partial charge on any atom is 0.184 e. The van der Waals surface area contributed by atoms with Gasteiger partial charge in [0.1, 0.15) is 17.3 Å². The summed E-state index contributed by atoms with van der Waals surface area (Å²) >= 11 is 0. The normalized spacial score (nSPS) is 21.5. The minimum atomic E-state index is -0.913. The number of anilines is 2. The molecule has 8 nitrogen and oxygen atoms in total. The lowest BCUT2D eigenvalue weighted by molar-refractivity contribution is -0.0856. The van der Waals surface area contributed by atoms with Crippen LogP contribution in [0.4, 0.5) is 15.9 Å². The van der Waals surface area contributed by atoms with E-state index in [0.29, 0.717) is 24.4 Å². The summed E-state index contributed by atoms with van der Waals surface area (Å²) < 4.78 is 15.4. The number of halogens is 1. The molecule has 5 rings (SSSR count). The Morgan fingerprint density at radius 2 is 2.10 bits per heavy atom. The first kappa shape index (κ1) is 18.3. The largest absolute Gasteiger partial charge is 0.390 e. The number of β-amino-alcohol motifs (C(OH)–C–C–N with tert-alkyl or cyclic N) is 1. The highest BCUT2D eigenvalue weighted by atomic mass is 19.1. The first-order chi connectivity index (χ1) is 14.1. The van der Waals surface area contributed by atoms with Gasteiger partial charge in [-0.2, -0.15) is 5.10 Å². The molecule has 3 N–H and O–H groups in total. The van der Waals surface area contributed by atoms with Gasteiger partial charge in [0.15, 0.2) is 12.0 Å². The van der Waals surface area contributed by atoms with E-state index >= 15 is 0 Å². The van der Waals surface area contributed by atoms with E-state index in [9.17, 15) is 14.6 Å². The minimum absolute atomic E-state index is 0.0770. The molecule has 2 aliphatic heterocycles. The van der Waals surface area contributed by atoms with Gasteiger partial charge in [0.2, 0.25) is 0 Å². The second kappa shape index (κ2) is 7.25. The second-order valence-corrected chi connectivity index (χ2v) is 7.64. The molecule has 2 aliphatic rings.